The fourth-order valence-electron chi connectivity index (χ4n) is 1.66. The molecule has 0 aliphatic rings. The van der Waals surface area contributed by atoms with Crippen LogP contribution in [0.15, 0.2) is 45.8 Å². The Kier molecular flexibility index (Phi) is 5.79. The van der Waals surface area contributed by atoms with Crippen LogP contribution in [0.1, 0.15) is 0 Å². The zero-order valence-electron chi connectivity index (χ0n) is 11.5. The molecule has 1 amide bonds. The van der Waals surface area contributed by atoms with E-state index in [0.29, 0.717) is 0 Å². The fraction of sp³-hybridized carbons (Fsp3) is 0.133. The van der Waals surface area contributed by atoms with Gasteiger partial charge in [0.25, 0.3) is 0 Å². The summed E-state index contributed by atoms with van der Waals surface area (Å²) in [5.41, 5.74) is -0.0678. The Balaban J connectivity index is 1.95. The monoisotopic (exact) mass is 387 g/mol. The molecule has 3 nitrogen and oxygen atoms in total. The van der Waals surface area contributed by atoms with Gasteiger partial charge in [0.15, 0.2) is 5.82 Å². The summed E-state index contributed by atoms with van der Waals surface area (Å²) in [7, 11) is 1.57. The number of halogens is 3. The summed E-state index contributed by atoms with van der Waals surface area (Å²) < 4.78 is 31.8. The molecule has 7 heteroatoms. The first kappa shape index (κ1) is 16.8. The van der Waals surface area contributed by atoms with Crippen molar-refractivity contribution in [2.75, 3.05) is 18.2 Å². The number of thioether (sulfide) groups is 1. The van der Waals surface area contributed by atoms with E-state index in [0.717, 1.165) is 22.8 Å². The lowest BCUT2D eigenvalue weighted by Crippen LogP contribution is -2.15. The topological polar surface area (TPSA) is 38.3 Å². The molecule has 2 aromatic carbocycles. The lowest BCUT2D eigenvalue weighted by molar-refractivity contribution is -0.113. The van der Waals surface area contributed by atoms with Crippen molar-refractivity contribution in [1.29, 1.82) is 0 Å². The molecular weight excluding hydrogens is 376 g/mol. The number of carbonyl (C=O) groups excluding carboxylic acids is 1. The van der Waals surface area contributed by atoms with Crippen LogP contribution in [0.4, 0.5) is 14.5 Å². The Morgan fingerprint density at radius 1 is 1.27 bits per heavy atom. The molecule has 0 atom stereocenters. The Hall–Kier alpha value is -1.60. The van der Waals surface area contributed by atoms with E-state index in [9.17, 15) is 13.6 Å². The first-order valence-corrected chi connectivity index (χ1v) is 7.98. The molecule has 0 radical (unpaired) electrons. The smallest absolute Gasteiger partial charge is 0.234 e. The van der Waals surface area contributed by atoms with Gasteiger partial charge >= 0.3 is 0 Å². The highest BCUT2D eigenvalue weighted by Gasteiger charge is 2.13. The molecule has 0 aliphatic heterocycles. The quantitative estimate of drug-likeness (QED) is 0.769. The van der Waals surface area contributed by atoms with E-state index >= 15 is 0 Å². The number of carbonyl (C=O) groups is 1. The van der Waals surface area contributed by atoms with E-state index < -0.39 is 11.6 Å². The zero-order chi connectivity index (χ0) is 16.1. The molecule has 2 rings (SSSR count). The number of nitrogens with one attached hydrogen (secondary N) is 1. The van der Waals surface area contributed by atoms with Gasteiger partial charge in [0.05, 0.1) is 18.6 Å². The maximum atomic E-state index is 13.6. The molecule has 22 heavy (non-hydrogen) atoms. The van der Waals surface area contributed by atoms with E-state index in [4.69, 9.17) is 4.74 Å². The molecule has 2 aromatic rings. The number of rotatable bonds is 5. The number of amides is 1. The molecular formula is C15H12BrF2NO2S. The summed E-state index contributed by atoms with van der Waals surface area (Å²) in [4.78, 5) is 12.7. The number of hydrogen-bond donors (Lipinski definition) is 1. The highest BCUT2D eigenvalue weighted by atomic mass is 79.9. The minimum absolute atomic E-state index is 0.0678. The lowest BCUT2D eigenvalue weighted by atomic mass is 10.3. The van der Waals surface area contributed by atoms with Gasteiger partial charge in [-0.25, -0.2) is 8.78 Å². The fourth-order valence-corrected chi connectivity index (χ4v) is 2.86. The van der Waals surface area contributed by atoms with E-state index in [1.165, 1.54) is 11.8 Å². The average Bonchev–Trinajstić information content (AvgIpc) is 2.49. The van der Waals surface area contributed by atoms with Crippen LogP contribution in [-0.4, -0.2) is 18.8 Å². The summed E-state index contributed by atoms with van der Waals surface area (Å²) >= 11 is 4.33. The van der Waals surface area contributed by atoms with Gasteiger partial charge in [-0.05, 0) is 46.3 Å². The van der Waals surface area contributed by atoms with Crippen LogP contribution in [0.5, 0.6) is 5.75 Å². The van der Waals surface area contributed by atoms with Gasteiger partial charge in [-0.2, -0.15) is 0 Å². The SMILES string of the molecule is COc1ccc(SCC(=O)Nc2c(F)cc(F)cc2Br)cc1. The molecule has 0 fully saturated rings. The van der Waals surface area contributed by atoms with Crippen LogP contribution < -0.4 is 10.1 Å². The molecule has 0 unspecified atom stereocenters. The van der Waals surface area contributed by atoms with Gasteiger partial charge < -0.3 is 10.1 Å². The molecule has 0 bridgehead atoms. The second kappa shape index (κ2) is 7.60. The van der Waals surface area contributed by atoms with Crippen molar-refractivity contribution in [3.8, 4) is 5.75 Å². The van der Waals surface area contributed by atoms with Gasteiger partial charge in [-0.3, -0.25) is 4.79 Å². The summed E-state index contributed by atoms with van der Waals surface area (Å²) in [6.07, 6.45) is 0. The lowest BCUT2D eigenvalue weighted by Gasteiger charge is -2.09. The molecule has 0 aliphatic carbocycles. The molecule has 0 spiro atoms. The van der Waals surface area contributed by atoms with Crippen LogP contribution >= 0.6 is 27.7 Å². The second-order valence-electron chi connectivity index (χ2n) is 4.26. The van der Waals surface area contributed by atoms with Crippen LogP contribution in [0.2, 0.25) is 0 Å². The highest BCUT2D eigenvalue weighted by molar-refractivity contribution is 9.10. The van der Waals surface area contributed by atoms with Crippen molar-refractivity contribution >= 4 is 39.3 Å². The summed E-state index contributed by atoms with van der Waals surface area (Å²) in [5.74, 6) is -1.09. The first-order chi connectivity index (χ1) is 10.5. The van der Waals surface area contributed by atoms with Crippen molar-refractivity contribution < 1.29 is 18.3 Å². The van der Waals surface area contributed by atoms with Crippen molar-refractivity contribution in [2.24, 2.45) is 0 Å². The van der Waals surface area contributed by atoms with Crippen molar-refractivity contribution in [3.05, 3.63) is 52.5 Å². The van der Waals surface area contributed by atoms with Crippen LogP contribution in [0.3, 0.4) is 0 Å². The Bertz CT molecular complexity index is 657. The van der Waals surface area contributed by atoms with Gasteiger partial charge in [-0.15, -0.1) is 11.8 Å². The maximum Gasteiger partial charge on any atom is 0.234 e. The van der Waals surface area contributed by atoms with Gasteiger partial charge in [-0.1, -0.05) is 0 Å². The average molecular weight is 388 g/mol. The summed E-state index contributed by atoms with van der Waals surface area (Å²) in [6, 6.07) is 9.04. The van der Waals surface area contributed by atoms with Crippen molar-refractivity contribution in [2.45, 2.75) is 4.90 Å². The van der Waals surface area contributed by atoms with Crippen molar-refractivity contribution in [1.82, 2.24) is 0 Å². The highest BCUT2D eigenvalue weighted by Crippen LogP contribution is 2.27. The third-order valence-electron chi connectivity index (χ3n) is 2.70. The van der Waals surface area contributed by atoms with Crippen molar-refractivity contribution in [3.63, 3.8) is 0 Å². The molecule has 116 valence electrons. The normalized spacial score (nSPS) is 10.4. The first-order valence-electron chi connectivity index (χ1n) is 6.21. The Morgan fingerprint density at radius 3 is 2.55 bits per heavy atom. The maximum absolute atomic E-state index is 13.6. The molecule has 0 saturated heterocycles. The minimum Gasteiger partial charge on any atom is -0.497 e. The predicted molar refractivity (Wildman–Crippen MR) is 86.4 cm³/mol. The summed E-state index contributed by atoms with van der Waals surface area (Å²) in [6.45, 7) is 0. The number of ether oxygens (including phenoxy) is 1. The van der Waals surface area contributed by atoms with E-state index in [2.05, 4.69) is 21.2 Å². The van der Waals surface area contributed by atoms with E-state index in [-0.39, 0.29) is 21.8 Å². The predicted octanol–water partition coefficient (Wildman–Crippen LogP) is 4.47. The largest absolute Gasteiger partial charge is 0.497 e. The van der Waals surface area contributed by atoms with Gasteiger partial charge in [0.1, 0.15) is 11.6 Å². The number of methoxy groups -OCH3 is 1. The molecule has 0 heterocycles. The third-order valence-corrected chi connectivity index (χ3v) is 4.34. The molecule has 0 saturated carbocycles. The zero-order valence-corrected chi connectivity index (χ0v) is 13.9. The third kappa shape index (κ3) is 4.45. The minimum atomic E-state index is -0.824. The van der Waals surface area contributed by atoms with Gasteiger partial charge in [0.2, 0.25) is 5.91 Å². The van der Waals surface area contributed by atoms with Crippen LogP contribution in [0.25, 0.3) is 0 Å². The summed E-state index contributed by atoms with van der Waals surface area (Å²) in [5, 5.41) is 2.43. The van der Waals surface area contributed by atoms with Crippen LogP contribution in [0, 0.1) is 11.6 Å². The van der Waals surface area contributed by atoms with Gasteiger partial charge in [0, 0.05) is 15.4 Å². The van der Waals surface area contributed by atoms with E-state index in [1.807, 2.05) is 12.1 Å². The Labute approximate surface area is 139 Å². The van der Waals surface area contributed by atoms with Crippen LogP contribution in [-0.2, 0) is 4.79 Å². The Morgan fingerprint density at radius 2 is 1.95 bits per heavy atom. The van der Waals surface area contributed by atoms with E-state index in [1.54, 1.807) is 19.2 Å². The molecule has 1 N–H and O–H groups in total. The molecule has 0 aromatic heterocycles. The standard InChI is InChI=1S/C15H12BrF2NO2S/c1-21-10-2-4-11(5-3-10)22-8-14(20)19-15-12(16)6-9(17)7-13(15)18/h2-7H,8H2,1H3,(H,19,20). The number of benzene rings is 2. The number of hydrogen-bond acceptors (Lipinski definition) is 3. The second-order valence-corrected chi connectivity index (χ2v) is 6.16. The number of anilines is 1.